The van der Waals surface area contributed by atoms with Crippen LogP contribution in [-0.4, -0.2) is 37.1 Å². The minimum absolute atomic E-state index is 0.430. The van der Waals surface area contributed by atoms with Gasteiger partial charge in [0.25, 0.3) is 5.91 Å². The van der Waals surface area contributed by atoms with Crippen molar-refractivity contribution in [1.29, 1.82) is 0 Å². The van der Waals surface area contributed by atoms with E-state index in [1.807, 2.05) is 0 Å². The van der Waals surface area contributed by atoms with Crippen LogP contribution < -0.4 is 0 Å². The van der Waals surface area contributed by atoms with E-state index in [1.165, 1.54) is 0 Å². The summed E-state index contributed by atoms with van der Waals surface area (Å²) in [6.45, 7) is 2.07. The molecule has 16 heavy (non-hydrogen) atoms. The van der Waals surface area contributed by atoms with Crippen molar-refractivity contribution in [2.75, 3.05) is 26.3 Å². The first-order valence-corrected chi connectivity index (χ1v) is 6.03. The normalized spacial score (nSPS) is 22.1. The number of allylic oxidation sites excluding steroid dienone is 1. The van der Waals surface area contributed by atoms with Gasteiger partial charge in [-0.15, -0.1) is 0 Å². The maximum atomic E-state index is 13.9. The van der Waals surface area contributed by atoms with Gasteiger partial charge >= 0.3 is 0 Å². The van der Waals surface area contributed by atoms with Gasteiger partial charge < -0.3 is 9.64 Å². The largest absolute Gasteiger partial charge is 0.378 e. The lowest BCUT2D eigenvalue weighted by Gasteiger charge is -2.27. The molecule has 2 aliphatic rings. The number of rotatable bonds is 1. The third-order valence-corrected chi connectivity index (χ3v) is 3.25. The summed E-state index contributed by atoms with van der Waals surface area (Å²) in [7, 11) is 0. The molecule has 2 rings (SSSR count). The molecule has 1 heterocycles. The Hall–Kier alpha value is -0.900. The number of ether oxygens (including phenoxy) is 1. The van der Waals surface area contributed by atoms with Crippen molar-refractivity contribution in [2.24, 2.45) is 0 Å². The molecule has 90 valence electrons. The van der Waals surface area contributed by atoms with Crippen molar-refractivity contribution in [2.45, 2.75) is 32.1 Å². The molecule has 0 spiro atoms. The van der Waals surface area contributed by atoms with E-state index in [4.69, 9.17) is 4.74 Å². The van der Waals surface area contributed by atoms with Gasteiger partial charge in [-0.2, -0.15) is 0 Å². The zero-order chi connectivity index (χ0) is 11.4. The van der Waals surface area contributed by atoms with E-state index in [0.717, 1.165) is 37.7 Å². The molecule has 3 nitrogen and oxygen atoms in total. The maximum Gasteiger partial charge on any atom is 0.282 e. The van der Waals surface area contributed by atoms with Crippen LogP contribution in [0.1, 0.15) is 32.1 Å². The van der Waals surface area contributed by atoms with Crippen LogP contribution in [0.25, 0.3) is 0 Å². The summed E-state index contributed by atoms with van der Waals surface area (Å²) in [5, 5.41) is 0. The number of halogens is 1. The fourth-order valence-corrected chi connectivity index (χ4v) is 2.25. The molecule has 1 amide bonds. The monoisotopic (exact) mass is 227 g/mol. The molecule has 0 N–H and O–H groups in total. The standard InChI is InChI=1S/C12H18FNO2/c13-11(10-4-2-1-3-5-10)12(15)14-6-8-16-9-7-14/h1-9H2. The highest BCUT2D eigenvalue weighted by Crippen LogP contribution is 2.27. The summed E-state index contributed by atoms with van der Waals surface area (Å²) in [6.07, 6.45) is 4.69. The highest BCUT2D eigenvalue weighted by molar-refractivity contribution is 5.92. The van der Waals surface area contributed by atoms with E-state index < -0.39 is 11.7 Å². The van der Waals surface area contributed by atoms with E-state index in [1.54, 1.807) is 4.90 Å². The zero-order valence-electron chi connectivity index (χ0n) is 9.51. The van der Waals surface area contributed by atoms with Crippen molar-refractivity contribution in [3.63, 3.8) is 0 Å². The minimum Gasteiger partial charge on any atom is -0.378 e. The summed E-state index contributed by atoms with van der Waals surface area (Å²) in [5.41, 5.74) is 0.725. The van der Waals surface area contributed by atoms with E-state index in [0.29, 0.717) is 26.3 Å². The Morgan fingerprint density at radius 1 is 1.12 bits per heavy atom. The van der Waals surface area contributed by atoms with E-state index in [-0.39, 0.29) is 0 Å². The van der Waals surface area contributed by atoms with E-state index >= 15 is 0 Å². The Morgan fingerprint density at radius 2 is 1.75 bits per heavy atom. The molecule has 0 unspecified atom stereocenters. The molecule has 0 atom stereocenters. The fourth-order valence-electron chi connectivity index (χ4n) is 2.25. The predicted molar refractivity (Wildman–Crippen MR) is 58.6 cm³/mol. The first kappa shape index (κ1) is 11.6. The SMILES string of the molecule is O=C(C(F)=C1CCCCC1)N1CCOCC1. The number of carbonyl (C=O) groups excluding carboxylic acids is 1. The number of nitrogens with zero attached hydrogens (tertiary/aromatic N) is 1. The zero-order valence-corrected chi connectivity index (χ0v) is 9.51. The van der Waals surface area contributed by atoms with Crippen LogP contribution in [0.15, 0.2) is 11.4 Å². The summed E-state index contributed by atoms with van der Waals surface area (Å²) in [4.78, 5) is 13.4. The highest BCUT2D eigenvalue weighted by Gasteiger charge is 2.24. The Bertz CT molecular complexity index is 287. The number of amides is 1. The maximum absolute atomic E-state index is 13.9. The third-order valence-electron chi connectivity index (χ3n) is 3.25. The molecular weight excluding hydrogens is 209 g/mol. The molecular formula is C12H18FNO2. The molecule has 1 saturated carbocycles. The molecule has 2 fully saturated rings. The van der Waals surface area contributed by atoms with Crippen molar-refractivity contribution < 1.29 is 13.9 Å². The van der Waals surface area contributed by atoms with Gasteiger partial charge in [0.15, 0.2) is 5.83 Å². The summed E-state index contributed by atoms with van der Waals surface area (Å²) in [5.74, 6) is -0.929. The van der Waals surface area contributed by atoms with Crippen molar-refractivity contribution in [3.8, 4) is 0 Å². The van der Waals surface area contributed by atoms with Crippen LogP contribution in [-0.2, 0) is 9.53 Å². The molecule has 0 aromatic rings. The molecule has 1 saturated heterocycles. The van der Waals surface area contributed by atoms with Crippen LogP contribution in [0.2, 0.25) is 0 Å². The molecule has 0 radical (unpaired) electrons. The molecule has 0 aromatic heterocycles. The van der Waals surface area contributed by atoms with Gasteiger partial charge in [0.2, 0.25) is 0 Å². The summed E-state index contributed by atoms with van der Waals surface area (Å²) in [6, 6.07) is 0. The highest BCUT2D eigenvalue weighted by atomic mass is 19.1. The Labute approximate surface area is 95.3 Å². The number of hydrogen-bond acceptors (Lipinski definition) is 2. The van der Waals surface area contributed by atoms with Crippen LogP contribution in [0.4, 0.5) is 4.39 Å². The number of carbonyl (C=O) groups is 1. The summed E-state index contributed by atoms with van der Waals surface area (Å²) < 4.78 is 19.1. The second-order valence-corrected chi connectivity index (χ2v) is 4.38. The van der Waals surface area contributed by atoms with Crippen molar-refractivity contribution in [3.05, 3.63) is 11.4 Å². The van der Waals surface area contributed by atoms with Gasteiger partial charge in [-0.3, -0.25) is 4.79 Å². The summed E-state index contributed by atoms with van der Waals surface area (Å²) >= 11 is 0. The quantitative estimate of drug-likeness (QED) is 0.641. The van der Waals surface area contributed by atoms with Gasteiger partial charge in [-0.1, -0.05) is 6.42 Å². The first-order valence-electron chi connectivity index (χ1n) is 6.03. The van der Waals surface area contributed by atoms with Gasteiger partial charge in [0, 0.05) is 13.1 Å². The fraction of sp³-hybridized carbons (Fsp3) is 0.750. The van der Waals surface area contributed by atoms with Crippen molar-refractivity contribution >= 4 is 5.91 Å². The van der Waals surface area contributed by atoms with Crippen LogP contribution in [0, 0.1) is 0 Å². The Kier molecular flexibility index (Phi) is 3.93. The average Bonchev–Trinajstić information content (AvgIpc) is 2.39. The lowest BCUT2D eigenvalue weighted by molar-refractivity contribution is -0.132. The molecule has 4 heteroatoms. The van der Waals surface area contributed by atoms with E-state index in [2.05, 4.69) is 0 Å². The lowest BCUT2D eigenvalue weighted by Crippen LogP contribution is -2.41. The average molecular weight is 227 g/mol. The van der Waals surface area contributed by atoms with Crippen molar-refractivity contribution in [1.82, 2.24) is 4.90 Å². The van der Waals surface area contributed by atoms with Crippen LogP contribution in [0.3, 0.4) is 0 Å². The Morgan fingerprint density at radius 3 is 2.38 bits per heavy atom. The van der Waals surface area contributed by atoms with Gasteiger partial charge in [0.1, 0.15) is 0 Å². The van der Waals surface area contributed by atoms with Gasteiger partial charge in [-0.05, 0) is 31.3 Å². The minimum atomic E-state index is -0.499. The predicted octanol–water partition coefficient (Wildman–Crippen LogP) is 2.03. The van der Waals surface area contributed by atoms with Gasteiger partial charge in [-0.25, -0.2) is 4.39 Å². The third kappa shape index (κ3) is 2.61. The second-order valence-electron chi connectivity index (χ2n) is 4.38. The topological polar surface area (TPSA) is 29.5 Å². The van der Waals surface area contributed by atoms with Gasteiger partial charge in [0.05, 0.1) is 13.2 Å². The lowest BCUT2D eigenvalue weighted by atomic mass is 9.94. The molecule has 1 aliphatic carbocycles. The number of morpholine rings is 1. The Balaban J connectivity index is 2.01. The first-order chi connectivity index (χ1) is 7.79. The van der Waals surface area contributed by atoms with E-state index in [9.17, 15) is 9.18 Å². The molecule has 0 aromatic carbocycles. The van der Waals surface area contributed by atoms with Crippen LogP contribution >= 0.6 is 0 Å². The smallest absolute Gasteiger partial charge is 0.282 e. The van der Waals surface area contributed by atoms with Crippen LogP contribution in [0.5, 0.6) is 0 Å². The number of hydrogen-bond donors (Lipinski definition) is 0. The molecule has 0 bridgehead atoms. The second kappa shape index (κ2) is 5.43. The molecule has 1 aliphatic heterocycles.